The average molecular weight is 528 g/mol. The first-order valence-corrected chi connectivity index (χ1v) is 13.5. The van der Waals surface area contributed by atoms with Gasteiger partial charge in [0, 0.05) is 57.4 Å². The molecule has 9 heteroatoms. The van der Waals surface area contributed by atoms with Crippen molar-refractivity contribution in [1.82, 2.24) is 24.9 Å². The molecule has 2 aromatic carbocycles. The molecule has 5 rings (SSSR count). The summed E-state index contributed by atoms with van der Waals surface area (Å²) in [6.07, 6.45) is 3.94. The van der Waals surface area contributed by atoms with Crippen molar-refractivity contribution in [3.63, 3.8) is 0 Å². The van der Waals surface area contributed by atoms with Crippen LogP contribution >= 0.6 is 0 Å². The van der Waals surface area contributed by atoms with Crippen molar-refractivity contribution >= 4 is 29.1 Å². The Hall–Kier alpha value is -4.11. The van der Waals surface area contributed by atoms with E-state index in [2.05, 4.69) is 40.6 Å². The summed E-state index contributed by atoms with van der Waals surface area (Å²) in [6.45, 7) is 11.2. The van der Waals surface area contributed by atoms with Crippen molar-refractivity contribution in [3.05, 3.63) is 82.6 Å². The number of allylic oxidation sites excluding steroid dienone is 1. The Bertz CT molecular complexity index is 1400. The van der Waals surface area contributed by atoms with Crippen molar-refractivity contribution in [3.8, 4) is 0 Å². The van der Waals surface area contributed by atoms with E-state index < -0.39 is 0 Å². The van der Waals surface area contributed by atoms with Crippen LogP contribution in [0.5, 0.6) is 0 Å². The van der Waals surface area contributed by atoms with Crippen molar-refractivity contribution in [1.29, 1.82) is 0 Å². The summed E-state index contributed by atoms with van der Waals surface area (Å²) < 4.78 is 1.79. The molecular weight excluding hydrogens is 490 g/mol. The highest BCUT2D eigenvalue weighted by molar-refractivity contribution is 6.08. The van der Waals surface area contributed by atoms with E-state index in [1.165, 1.54) is 5.57 Å². The van der Waals surface area contributed by atoms with Crippen molar-refractivity contribution in [2.24, 2.45) is 7.05 Å². The van der Waals surface area contributed by atoms with Crippen molar-refractivity contribution in [2.45, 2.75) is 33.9 Å². The van der Waals surface area contributed by atoms with Crippen LogP contribution in [0.2, 0.25) is 0 Å². The highest BCUT2D eigenvalue weighted by Gasteiger charge is 2.27. The maximum absolute atomic E-state index is 13.8. The van der Waals surface area contributed by atoms with Gasteiger partial charge in [0.2, 0.25) is 0 Å². The third-order valence-corrected chi connectivity index (χ3v) is 7.68. The quantitative estimate of drug-likeness (QED) is 0.480. The van der Waals surface area contributed by atoms with E-state index in [1.54, 1.807) is 15.8 Å². The van der Waals surface area contributed by atoms with Crippen molar-refractivity contribution in [2.75, 3.05) is 42.9 Å². The highest BCUT2D eigenvalue weighted by atomic mass is 16.2. The molecular formula is C30H37N7O2. The molecule has 1 aromatic heterocycles. The molecule has 9 nitrogen and oxygen atoms in total. The predicted octanol–water partition coefficient (Wildman–Crippen LogP) is 4.43. The van der Waals surface area contributed by atoms with Gasteiger partial charge in [-0.05, 0) is 56.2 Å². The SMILES string of the molecule is C/C=C(\C)CN1CCN(C(=O)NCc2ccc(C(=O)N3Cc4cnn(C)c4Nc4ccccc43)cc2C)CC1. The molecule has 0 saturated carbocycles. The molecule has 3 aromatic rings. The third-order valence-electron chi connectivity index (χ3n) is 7.68. The molecule has 2 aliphatic heterocycles. The lowest BCUT2D eigenvalue weighted by molar-refractivity contribution is 0.0985. The number of aromatic nitrogens is 2. The molecule has 3 amide bonds. The highest BCUT2D eigenvalue weighted by Crippen LogP contribution is 2.36. The Kier molecular flexibility index (Phi) is 7.70. The first kappa shape index (κ1) is 26.5. The molecule has 204 valence electrons. The zero-order valence-electron chi connectivity index (χ0n) is 23.2. The number of carbonyl (C=O) groups excluding carboxylic acids is 2. The van der Waals surface area contributed by atoms with E-state index >= 15 is 0 Å². The van der Waals surface area contributed by atoms with Crippen molar-refractivity contribution < 1.29 is 9.59 Å². The van der Waals surface area contributed by atoms with Crippen LogP contribution < -0.4 is 15.5 Å². The summed E-state index contributed by atoms with van der Waals surface area (Å²) in [6, 6.07) is 13.5. The minimum Gasteiger partial charge on any atom is -0.338 e. The van der Waals surface area contributed by atoms with E-state index in [0.29, 0.717) is 18.7 Å². The Morgan fingerprint density at radius 3 is 2.62 bits per heavy atom. The predicted molar refractivity (Wildman–Crippen MR) is 154 cm³/mol. The molecule has 0 aliphatic carbocycles. The molecule has 0 radical (unpaired) electrons. The Morgan fingerprint density at radius 1 is 1.10 bits per heavy atom. The maximum Gasteiger partial charge on any atom is 0.317 e. The summed E-state index contributed by atoms with van der Waals surface area (Å²) in [5.41, 5.74) is 6.57. The number of benzene rings is 2. The fraction of sp³-hybridized carbons (Fsp3) is 0.367. The van der Waals surface area contributed by atoms with E-state index in [1.807, 2.05) is 61.3 Å². The second-order valence-electron chi connectivity index (χ2n) is 10.4. The number of rotatable bonds is 5. The molecule has 0 atom stereocenters. The van der Waals surface area contributed by atoms with E-state index in [-0.39, 0.29) is 11.9 Å². The number of aryl methyl sites for hydroxylation is 2. The molecule has 0 unspecified atom stereocenters. The summed E-state index contributed by atoms with van der Waals surface area (Å²) in [7, 11) is 1.89. The van der Waals surface area contributed by atoms with Crippen LogP contribution in [0.3, 0.4) is 0 Å². The molecule has 1 saturated heterocycles. The summed E-state index contributed by atoms with van der Waals surface area (Å²) in [5.74, 6) is 0.806. The van der Waals surface area contributed by atoms with Crippen LogP contribution in [0.1, 0.15) is 40.9 Å². The average Bonchev–Trinajstić information content (AvgIpc) is 3.19. The number of hydrogen-bond acceptors (Lipinski definition) is 5. The number of carbonyl (C=O) groups is 2. The van der Waals surface area contributed by atoms with Gasteiger partial charge in [-0.15, -0.1) is 0 Å². The van der Waals surface area contributed by atoms with Crippen LogP contribution in [-0.2, 0) is 20.1 Å². The van der Waals surface area contributed by atoms with Gasteiger partial charge in [0.25, 0.3) is 5.91 Å². The van der Waals surface area contributed by atoms with Gasteiger partial charge in [0.15, 0.2) is 0 Å². The smallest absolute Gasteiger partial charge is 0.317 e. The lowest BCUT2D eigenvalue weighted by Gasteiger charge is -2.34. The zero-order valence-corrected chi connectivity index (χ0v) is 23.2. The van der Waals surface area contributed by atoms with Crippen LogP contribution in [-0.4, -0.2) is 64.2 Å². The summed E-state index contributed by atoms with van der Waals surface area (Å²) >= 11 is 0. The second-order valence-corrected chi connectivity index (χ2v) is 10.4. The molecule has 0 spiro atoms. The van der Waals surface area contributed by atoms with Gasteiger partial charge in [-0.1, -0.05) is 29.8 Å². The van der Waals surface area contributed by atoms with Gasteiger partial charge in [0.1, 0.15) is 5.82 Å². The Labute approximate surface area is 230 Å². The largest absolute Gasteiger partial charge is 0.338 e. The molecule has 0 bridgehead atoms. The number of nitrogens with one attached hydrogen (secondary N) is 2. The number of fused-ring (bicyclic) bond motifs is 2. The van der Waals surface area contributed by atoms with Gasteiger partial charge in [-0.25, -0.2) is 4.79 Å². The zero-order chi connectivity index (χ0) is 27.5. The molecule has 3 heterocycles. The van der Waals surface area contributed by atoms with Crippen LogP contribution in [0, 0.1) is 6.92 Å². The maximum atomic E-state index is 13.8. The second kappa shape index (κ2) is 11.3. The number of urea groups is 1. The Morgan fingerprint density at radius 2 is 1.87 bits per heavy atom. The van der Waals surface area contributed by atoms with E-state index in [9.17, 15) is 9.59 Å². The van der Waals surface area contributed by atoms with Gasteiger partial charge >= 0.3 is 6.03 Å². The normalized spacial score (nSPS) is 15.7. The fourth-order valence-electron chi connectivity index (χ4n) is 5.16. The van der Waals surface area contributed by atoms with Gasteiger partial charge in [-0.3, -0.25) is 14.4 Å². The lowest BCUT2D eigenvalue weighted by atomic mass is 10.0. The minimum absolute atomic E-state index is 0.0436. The minimum atomic E-state index is -0.0781. The number of amides is 3. The first-order chi connectivity index (χ1) is 18.8. The van der Waals surface area contributed by atoms with Crippen LogP contribution in [0.4, 0.5) is 22.0 Å². The van der Waals surface area contributed by atoms with Crippen LogP contribution in [0.25, 0.3) is 0 Å². The topological polar surface area (TPSA) is 85.7 Å². The van der Waals surface area contributed by atoms with Gasteiger partial charge in [-0.2, -0.15) is 5.10 Å². The first-order valence-electron chi connectivity index (χ1n) is 13.5. The van der Waals surface area contributed by atoms with Gasteiger partial charge < -0.3 is 20.4 Å². The lowest BCUT2D eigenvalue weighted by Crippen LogP contribution is -2.51. The molecule has 2 aliphatic rings. The number of nitrogens with zero attached hydrogens (tertiary/aromatic N) is 5. The fourth-order valence-corrected chi connectivity index (χ4v) is 5.16. The summed E-state index contributed by atoms with van der Waals surface area (Å²) in [4.78, 5) is 32.6. The molecule has 1 fully saturated rings. The molecule has 2 N–H and O–H groups in total. The monoisotopic (exact) mass is 527 g/mol. The number of piperazine rings is 1. The number of anilines is 3. The van der Waals surface area contributed by atoms with E-state index in [0.717, 1.165) is 66.6 Å². The Balaban J connectivity index is 1.24. The standard InChI is InChI=1S/C30H37N7O2/c1-5-21(2)19-35-12-14-36(15-13-35)30(39)31-17-24-11-10-23(16-22(24)3)29(38)37-20-25-18-32-34(4)28(25)33-26-8-6-7-9-27(26)37/h5-11,16,18,33H,12-15,17,19-20H2,1-4H3,(H,31,39)/b21-5+. The number of hydrogen-bond donors (Lipinski definition) is 2. The van der Waals surface area contributed by atoms with Gasteiger partial charge in [0.05, 0.1) is 24.1 Å². The van der Waals surface area contributed by atoms with E-state index in [4.69, 9.17) is 0 Å². The molecule has 39 heavy (non-hydrogen) atoms. The summed E-state index contributed by atoms with van der Waals surface area (Å²) in [5, 5.41) is 10.9. The number of para-hydroxylation sites is 2. The van der Waals surface area contributed by atoms with Crippen LogP contribution in [0.15, 0.2) is 60.3 Å². The third kappa shape index (κ3) is 5.68.